The van der Waals surface area contributed by atoms with Crippen molar-refractivity contribution >= 4 is 27.6 Å². The van der Waals surface area contributed by atoms with Gasteiger partial charge < -0.3 is 10.6 Å². The van der Waals surface area contributed by atoms with Gasteiger partial charge in [-0.15, -0.1) is 0 Å². The molecule has 1 aromatic carbocycles. The van der Waals surface area contributed by atoms with Crippen LogP contribution in [0.2, 0.25) is 0 Å². The minimum atomic E-state index is -3.63. The van der Waals surface area contributed by atoms with Gasteiger partial charge in [-0.05, 0) is 23.6 Å². The number of guanidine groups is 1. The van der Waals surface area contributed by atoms with Gasteiger partial charge in [-0.2, -0.15) is 0 Å². The number of sulfonamides is 1. The van der Waals surface area contributed by atoms with E-state index < -0.39 is 10.0 Å². The molecular formula is C14H20N4O3S. The van der Waals surface area contributed by atoms with Gasteiger partial charge in [-0.3, -0.25) is 9.79 Å². The van der Waals surface area contributed by atoms with Gasteiger partial charge in [-0.25, -0.2) is 13.1 Å². The fourth-order valence-corrected chi connectivity index (χ4v) is 3.21. The Morgan fingerprint density at radius 3 is 2.73 bits per heavy atom. The van der Waals surface area contributed by atoms with Gasteiger partial charge >= 0.3 is 0 Å². The number of nitrogens with zero attached hydrogens (tertiary/aromatic N) is 1. The number of nitrogens with one attached hydrogen (secondary N) is 3. The van der Waals surface area contributed by atoms with E-state index in [1.165, 1.54) is 6.92 Å². The van der Waals surface area contributed by atoms with E-state index in [9.17, 15) is 13.2 Å². The maximum absolute atomic E-state index is 12.3. The summed E-state index contributed by atoms with van der Waals surface area (Å²) in [6.45, 7) is 6.06. The lowest BCUT2D eigenvalue weighted by atomic mass is 10.0. The fourth-order valence-electron chi connectivity index (χ4n) is 2.03. The molecular weight excluding hydrogens is 304 g/mol. The van der Waals surface area contributed by atoms with E-state index in [-0.39, 0.29) is 29.2 Å². The lowest BCUT2D eigenvalue weighted by Crippen LogP contribution is -2.41. The molecule has 0 radical (unpaired) electrons. The average molecular weight is 324 g/mol. The highest BCUT2D eigenvalue weighted by Gasteiger charge is 2.26. The van der Waals surface area contributed by atoms with Gasteiger partial charge in [0.15, 0.2) is 0 Å². The summed E-state index contributed by atoms with van der Waals surface area (Å²) >= 11 is 0. The van der Waals surface area contributed by atoms with Gasteiger partial charge in [0.2, 0.25) is 11.9 Å². The van der Waals surface area contributed by atoms with Crippen molar-refractivity contribution in [2.45, 2.75) is 31.6 Å². The second kappa shape index (κ2) is 6.35. The topological polar surface area (TPSA) is 99.7 Å². The van der Waals surface area contributed by atoms with E-state index in [0.717, 1.165) is 5.56 Å². The molecule has 1 aromatic rings. The molecule has 1 aliphatic heterocycles. The Hall–Kier alpha value is -2.09. The molecule has 0 aromatic heterocycles. The SMILES string of the molecule is CC(=O)NCCN=C1Nc2ccc(C(C)C)cc2S(=O)(=O)N1. The molecule has 1 heterocycles. The molecule has 1 aliphatic rings. The number of hydrogen-bond acceptors (Lipinski definition) is 4. The van der Waals surface area contributed by atoms with Crippen LogP contribution in [0.4, 0.5) is 5.69 Å². The van der Waals surface area contributed by atoms with Crippen molar-refractivity contribution in [3.05, 3.63) is 23.8 Å². The summed E-state index contributed by atoms with van der Waals surface area (Å²) in [4.78, 5) is 15.1. The number of aliphatic imine (C=N–C) groups is 1. The second-order valence-electron chi connectivity index (χ2n) is 5.35. The standard InChI is InChI=1S/C14H20N4O3S/c1-9(2)11-4-5-12-13(8-11)22(20,21)18-14(17-12)16-7-6-15-10(3)19/h4-5,8-9H,6-7H2,1-3H3,(H,15,19)(H2,16,17,18). The number of carbonyl (C=O) groups is 1. The molecule has 7 nitrogen and oxygen atoms in total. The van der Waals surface area contributed by atoms with Crippen molar-refractivity contribution in [3.8, 4) is 0 Å². The monoisotopic (exact) mass is 324 g/mol. The quantitative estimate of drug-likeness (QED) is 0.720. The van der Waals surface area contributed by atoms with Crippen LogP contribution in [-0.2, 0) is 14.8 Å². The average Bonchev–Trinajstić information content (AvgIpc) is 2.42. The normalized spacial score (nSPS) is 17.5. The highest BCUT2D eigenvalue weighted by molar-refractivity contribution is 7.90. The van der Waals surface area contributed by atoms with Gasteiger partial charge in [0, 0.05) is 13.5 Å². The summed E-state index contributed by atoms with van der Waals surface area (Å²) in [5.74, 6) is 0.257. The minimum Gasteiger partial charge on any atom is -0.354 e. The first-order chi connectivity index (χ1) is 10.3. The third-order valence-electron chi connectivity index (χ3n) is 3.20. The van der Waals surface area contributed by atoms with Gasteiger partial charge in [0.25, 0.3) is 10.0 Å². The molecule has 3 N–H and O–H groups in total. The zero-order valence-electron chi connectivity index (χ0n) is 12.8. The molecule has 120 valence electrons. The van der Waals surface area contributed by atoms with Crippen LogP contribution in [0.5, 0.6) is 0 Å². The molecule has 1 amide bonds. The first-order valence-corrected chi connectivity index (χ1v) is 8.50. The van der Waals surface area contributed by atoms with Crippen LogP contribution in [0.15, 0.2) is 28.1 Å². The van der Waals surface area contributed by atoms with Crippen LogP contribution >= 0.6 is 0 Å². The Kier molecular flexibility index (Phi) is 4.70. The van der Waals surface area contributed by atoms with Crippen LogP contribution < -0.4 is 15.4 Å². The van der Waals surface area contributed by atoms with Crippen LogP contribution in [-0.4, -0.2) is 33.4 Å². The number of carbonyl (C=O) groups excluding carboxylic acids is 1. The molecule has 0 unspecified atom stereocenters. The molecule has 0 fully saturated rings. The number of hydrogen-bond donors (Lipinski definition) is 3. The molecule has 0 atom stereocenters. The second-order valence-corrected chi connectivity index (χ2v) is 7.00. The molecule has 8 heteroatoms. The maximum Gasteiger partial charge on any atom is 0.266 e. The number of amides is 1. The van der Waals surface area contributed by atoms with E-state index in [4.69, 9.17) is 0 Å². The Labute approximate surface area is 130 Å². The van der Waals surface area contributed by atoms with Crippen molar-refractivity contribution in [1.82, 2.24) is 10.0 Å². The number of benzene rings is 1. The first-order valence-electron chi connectivity index (χ1n) is 7.02. The Bertz CT molecular complexity index is 711. The predicted molar refractivity (Wildman–Crippen MR) is 85.5 cm³/mol. The van der Waals surface area contributed by atoms with Crippen LogP contribution in [0, 0.1) is 0 Å². The molecule has 0 bridgehead atoms. The first kappa shape index (κ1) is 16.3. The predicted octanol–water partition coefficient (Wildman–Crippen LogP) is 1.01. The summed E-state index contributed by atoms with van der Waals surface area (Å²) in [5, 5.41) is 5.55. The summed E-state index contributed by atoms with van der Waals surface area (Å²) in [7, 11) is -3.63. The minimum absolute atomic E-state index is 0.149. The molecule has 0 aliphatic carbocycles. The smallest absolute Gasteiger partial charge is 0.266 e. The number of anilines is 1. The van der Waals surface area contributed by atoms with E-state index in [1.54, 1.807) is 12.1 Å². The largest absolute Gasteiger partial charge is 0.354 e. The zero-order valence-corrected chi connectivity index (χ0v) is 13.6. The van der Waals surface area contributed by atoms with E-state index >= 15 is 0 Å². The van der Waals surface area contributed by atoms with Crippen LogP contribution in [0.25, 0.3) is 0 Å². The van der Waals surface area contributed by atoms with Crippen molar-refractivity contribution in [3.63, 3.8) is 0 Å². The fraction of sp³-hybridized carbons (Fsp3) is 0.429. The molecule has 2 rings (SSSR count). The summed E-state index contributed by atoms with van der Waals surface area (Å²) in [6.07, 6.45) is 0. The van der Waals surface area contributed by atoms with Gasteiger partial charge in [0.1, 0.15) is 4.90 Å². The van der Waals surface area contributed by atoms with Crippen LogP contribution in [0.3, 0.4) is 0 Å². The third kappa shape index (κ3) is 3.76. The van der Waals surface area contributed by atoms with Crippen molar-refractivity contribution < 1.29 is 13.2 Å². The van der Waals surface area contributed by atoms with Gasteiger partial charge in [0.05, 0.1) is 12.2 Å². The van der Waals surface area contributed by atoms with Gasteiger partial charge in [-0.1, -0.05) is 19.9 Å². The summed E-state index contributed by atoms with van der Waals surface area (Å²) in [5.41, 5.74) is 1.46. The van der Waals surface area contributed by atoms with Crippen molar-refractivity contribution in [2.75, 3.05) is 18.4 Å². The Balaban J connectivity index is 2.20. The Morgan fingerprint density at radius 2 is 2.09 bits per heavy atom. The third-order valence-corrected chi connectivity index (χ3v) is 4.58. The number of fused-ring (bicyclic) bond motifs is 1. The van der Waals surface area contributed by atoms with Crippen molar-refractivity contribution in [2.24, 2.45) is 4.99 Å². The zero-order chi connectivity index (χ0) is 16.3. The Morgan fingerprint density at radius 1 is 1.36 bits per heavy atom. The number of rotatable bonds is 4. The summed E-state index contributed by atoms with van der Waals surface area (Å²) in [6, 6.07) is 5.31. The van der Waals surface area contributed by atoms with E-state index in [2.05, 4.69) is 20.3 Å². The van der Waals surface area contributed by atoms with Crippen molar-refractivity contribution in [1.29, 1.82) is 0 Å². The molecule has 0 saturated carbocycles. The lowest BCUT2D eigenvalue weighted by Gasteiger charge is -2.22. The molecule has 0 spiro atoms. The summed E-state index contributed by atoms with van der Waals surface area (Å²) < 4.78 is 27.0. The highest BCUT2D eigenvalue weighted by Crippen LogP contribution is 2.28. The highest BCUT2D eigenvalue weighted by atomic mass is 32.2. The maximum atomic E-state index is 12.3. The molecule has 22 heavy (non-hydrogen) atoms. The van der Waals surface area contributed by atoms with E-state index in [1.807, 2.05) is 19.9 Å². The van der Waals surface area contributed by atoms with E-state index in [0.29, 0.717) is 12.2 Å². The van der Waals surface area contributed by atoms with Crippen LogP contribution in [0.1, 0.15) is 32.3 Å². The lowest BCUT2D eigenvalue weighted by molar-refractivity contribution is -0.118. The molecule has 0 saturated heterocycles.